The fourth-order valence-electron chi connectivity index (χ4n) is 3.50. The van der Waals surface area contributed by atoms with Crippen molar-refractivity contribution in [2.45, 2.75) is 26.3 Å². The molecule has 1 unspecified atom stereocenters. The Bertz CT molecular complexity index is 759. The summed E-state index contributed by atoms with van der Waals surface area (Å²) in [5.41, 5.74) is 3.81. The van der Waals surface area contributed by atoms with E-state index >= 15 is 0 Å². The summed E-state index contributed by atoms with van der Waals surface area (Å²) < 4.78 is 17.5. The topological polar surface area (TPSA) is 43.0 Å². The predicted octanol–water partition coefficient (Wildman–Crippen LogP) is 3.66. The molecule has 1 aliphatic heterocycles. The average Bonchev–Trinajstić information content (AvgIpc) is 2.69. The molecular weight excluding hydrogens is 352 g/mol. The number of hydrogen-bond acceptors (Lipinski definition) is 5. The van der Waals surface area contributed by atoms with Crippen LogP contribution in [0.5, 0.6) is 17.2 Å². The van der Waals surface area contributed by atoms with Gasteiger partial charge in [0.15, 0.2) is 11.5 Å². The largest absolute Gasteiger partial charge is 0.492 e. The molecule has 0 fully saturated rings. The van der Waals surface area contributed by atoms with Crippen molar-refractivity contribution < 1.29 is 14.2 Å². The SMILES string of the molecule is CCOc1cc2c(cc1OCC)C(c1ccc(OCCN(C)C)cc1)NCC2. The fraction of sp³-hybridized carbons (Fsp3) is 0.478. The van der Waals surface area contributed by atoms with Crippen LogP contribution in [0.3, 0.4) is 0 Å². The predicted molar refractivity (Wildman–Crippen MR) is 113 cm³/mol. The molecule has 5 nitrogen and oxygen atoms in total. The first-order valence-electron chi connectivity index (χ1n) is 10.2. The van der Waals surface area contributed by atoms with Crippen molar-refractivity contribution in [3.8, 4) is 17.2 Å². The molecule has 1 aliphatic rings. The Kier molecular flexibility index (Phi) is 7.18. The molecule has 0 aliphatic carbocycles. The maximum absolute atomic E-state index is 5.85. The van der Waals surface area contributed by atoms with Gasteiger partial charge >= 0.3 is 0 Å². The molecule has 0 aromatic heterocycles. The Hall–Kier alpha value is -2.24. The highest BCUT2D eigenvalue weighted by molar-refractivity contribution is 5.52. The highest BCUT2D eigenvalue weighted by Gasteiger charge is 2.24. The Balaban J connectivity index is 1.82. The van der Waals surface area contributed by atoms with Gasteiger partial charge in [-0.15, -0.1) is 0 Å². The van der Waals surface area contributed by atoms with Crippen LogP contribution in [0.1, 0.15) is 36.6 Å². The van der Waals surface area contributed by atoms with Gasteiger partial charge in [0.2, 0.25) is 0 Å². The molecule has 2 aromatic rings. The Morgan fingerprint density at radius 2 is 1.64 bits per heavy atom. The lowest BCUT2D eigenvalue weighted by atomic mass is 9.89. The number of rotatable bonds is 9. The lowest BCUT2D eigenvalue weighted by Gasteiger charge is -2.29. The van der Waals surface area contributed by atoms with Gasteiger partial charge in [0.25, 0.3) is 0 Å². The number of nitrogens with one attached hydrogen (secondary N) is 1. The Morgan fingerprint density at radius 1 is 0.964 bits per heavy atom. The molecular formula is C23H32N2O3. The van der Waals surface area contributed by atoms with E-state index in [-0.39, 0.29) is 6.04 Å². The fourth-order valence-corrected chi connectivity index (χ4v) is 3.50. The van der Waals surface area contributed by atoms with E-state index in [1.165, 1.54) is 16.7 Å². The summed E-state index contributed by atoms with van der Waals surface area (Å²) in [4.78, 5) is 2.11. The van der Waals surface area contributed by atoms with Gasteiger partial charge in [-0.2, -0.15) is 0 Å². The number of nitrogens with zero attached hydrogens (tertiary/aromatic N) is 1. The number of benzene rings is 2. The van der Waals surface area contributed by atoms with Gasteiger partial charge < -0.3 is 24.4 Å². The minimum Gasteiger partial charge on any atom is -0.492 e. The first kappa shape index (κ1) is 20.5. The molecule has 0 spiro atoms. The normalized spacial score (nSPS) is 16.0. The van der Waals surface area contributed by atoms with Gasteiger partial charge in [-0.25, -0.2) is 0 Å². The van der Waals surface area contributed by atoms with E-state index in [9.17, 15) is 0 Å². The van der Waals surface area contributed by atoms with Crippen molar-refractivity contribution in [1.29, 1.82) is 0 Å². The highest BCUT2D eigenvalue weighted by atomic mass is 16.5. The molecule has 0 saturated carbocycles. The van der Waals surface area contributed by atoms with Crippen molar-refractivity contribution >= 4 is 0 Å². The van der Waals surface area contributed by atoms with Gasteiger partial charge in [-0.05, 0) is 75.3 Å². The van der Waals surface area contributed by atoms with E-state index in [4.69, 9.17) is 14.2 Å². The summed E-state index contributed by atoms with van der Waals surface area (Å²) >= 11 is 0. The zero-order valence-corrected chi connectivity index (χ0v) is 17.5. The number of likely N-dealkylation sites (N-methyl/N-ethyl adjacent to an activating group) is 1. The van der Waals surface area contributed by atoms with Gasteiger partial charge in [-0.3, -0.25) is 0 Å². The van der Waals surface area contributed by atoms with Crippen LogP contribution in [0.25, 0.3) is 0 Å². The molecule has 0 bridgehead atoms. The van der Waals surface area contributed by atoms with Gasteiger partial charge in [0.05, 0.1) is 19.3 Å². The molecule has 5 heteroatoms. The Morgan fingerprint density at radius 3 is 2.29 bits per heavy atom. The highest BCUT2D eigenvalue weighted by Crippen LogP contribution is 2.38. The van der Waals surface area contributed by atoms with Gasteiger partial charge in [-0.1, -0.05) is 12.1 Å². The molecule has 1 atom stereocenters. The van der Waals surface area contributed by atoms with Gasteiger partial charge in [0, 0.05) is 13.1 Å². The second-order valence-corrected chi connectivity index (χ2v) is 7.22. The maximum Gasteiger partial charge on any atom is 0.161 e. The lowest BCUT2D eigenvalue weighted by Crippen LogP contribution is -2.30. The van der Waals surface area contributed by atoms with Crippen LogP contribution < -0.4 is 19.5 Å². The molecule has 152 valence electrons. The lowest BCUT2D eigenvalue weighted by molar-refractivity contribution is 0.261. The molecule has 0 amide bonds. The van der Waals surface area contributed by atoms with Gasteiger partial charge in [0.1, 0.15) is 12.4 Å². The molecule has 0 radical (unpaired) electrons. The van der Waals surface area contributed by atoms with Crippen LogP contribution in [0.4, 0.5) is 0 Å². The third-order valence-electron chi connectivity index (χ3n) is 4.88. The summed E-state index contributed by atoms with van der Waals surface area (Å²) in [6.45, 7) is 7.79. The van der Waals surface area contributed by atoms with Crippen molar-refractivity contribution in [2.24, 2.45) is 0 Å². The second kappa shape index (κ2) is 9.80. The van der Waals surface area contributed by atoms with Crippen molar-refractivity contribution in [1.82, 2.24) is 10.2 Å². The van der Waals surface area contributed by atoms with Crippen molar-refractivity contribution in [3.63, 3.8) is 0 Å². The monoisotopic (exact) mass is 384 g/mol. The number of hydrogen-bond donors (Lipinski definition) is 1. The van der Waals surface area contributed by atoms with E-state index in [2.05, 4.69) is 46.6 Å². The third-order valence-corrected chi connectivity index (χ3v) is 4.88. The molecule has 3 rings (SSSR count). The van der Waals surface area contributed by atoms with E-state index in [1.54, 1.807) is 0 Å². The summed E-state index contributed by atoms with van der Waals surface area (Å²) in [5.74, 6) is 2.57. The molecule has 0 saturated heterocycles. The summed E-state index contributed by atoms with van der Waals surface area (Å²) in [5, 5.41) is 3.65. The van der Waals surface area contributed by atoms with Crippen LogP contribution in [-0.2, 0) is 6.42 Å². The zero-order valence-electron chi connectivity index (χ0n) is 17.5. The van der Waals surface area contributed by atoms with E-state index < -0.39 is 0 Å². The summed E-state index contributed by atoms with van der Waals surface area (Å²) in [6.07, 6.45) is 0.990. The molecule has 2 aromatic carbocycles. The third kappa shape index (κ3) is 4.97. The van der Waals surface area contributed by atoms with E-state index in [1.807, 2.05) is 27.9 Å². The average molecular weight is 385 g/mol. The molecule has 1 heterocycles. The Labute approximate surface area is 168 Å². The van der Waals surface area contributed by atoms with Crippen molar-refractivity contribution in [3.05, 3.63) is 53.1 Å². The second-order valence-electron chi connectivity index (χ2n) is 7.22. The molecule has 28 heavy (non-hydrogen) atoms. The minimum atomic E-state index is 0.148. The first-order chi connectivity index (χ1) is 13.6. The van der Waals surface area contributed by atoms with Crippen LogP contribution in [0, 0.1) is 0 Å². The van der Waals surface area contributed by atoms with Crippen molar-refractivity contribution in [2.75, 3.05) is 47.0 Å². The van der Waals surface area contributed by atoms with Crippen LogP contribution >= 0.6 is 0 Å². The quantitative estimate of drug-likeness (QED) is 0.715. The van der Waals surface area contributed by atoms with E-state index in [0.717, 1.165) is 36.8 Å². The van der Waals surface area contributed by atoms with Crippen LogP contribution in [0.15, 0.2) is 36.4 Å². The molecule has 1 N–H and O–H groups in total. The first-order valence-corrected chi connectivity index (χ1v) is 10.2. The van der Waals surface area contributed by atoms with Crippen LogP contribution in [-0.4, -0.2) is 51.9 Å². The minimum absolute atomic E-state index is 0.148. The van der Waals surface area contributed by atoms with Crippen LogP contribution in [0.2, 0.25) is 0 Å². The standard InChI is InChI=1S/C23H32N2O3/c1-5-26-21-15-18-11-12-24-23(20(18)16-22(21)27-6-2)17-7-9-19(10-8-17)28-14-13-25(3)4/h7-10,15-16,23-24H,5-6,11-14H2,1-4H3. The number of fused-ring (bicyclic) bond motifs is 1. The summed E-state index contributed by atoms with van der Waals surface area (Å²) in [7, 11) is 4.10. The zero-order chi connectivity index (χ0) is 19.9. The van der Waals surface area contributed by atoms with E-state index in [0.29, 0.717) is 19.8 Å². The smallest absolute Gasteiger partial charge is 0.161 e. The maximum atomic E-state index is 5.85. The summed E-state index contributed by atoms with van der Waals surface area (Å²) in [6, 6.07) is 12.8. The number of ether oxygens (including phenoxy) is 3.